The smallest absolute Gasteiger partial charge is 0.239 e. The van der Waals surface area contributed by atoms with Crippen molar-refractivity contribution >= 4 is 40.5 Å². The van der Waals surface area contributed by atoms with E-state index in [0.29, 0.717) is 24.2 Å². The van der Waals surface area contributed by atoms with Gasteiger partial charge in [0, 0.05) is 25.1 Å². The summed E-state index contributed by atoms with van der Waals surface area (Å²) in [5.74, 6) is -0.518. The summed E-state index contributed by atoms with van der Waals surface area (Å²) in [5.41, 5.74) is 3.47. The number of rotatable bonds is 11. The molecule has 0 saturated heterocycles. The molecule has 0 bridgehead atoms. The van der Waals surface area contributed by atoms with E-state index >= 15 is 0 Å². The van der Waals surface area contributed by atoms with E-state index in [-0.39, 0.29) is 24.1 Å². The van der Waals surface area contributed by atoms with Crippen LogP contribution in [0.25, 0.3) is 10.8 Å². The van der Waals surface area contributed by atoms with Crippen molar-refractivity contribution in [3.05, 3.63) is 83.8 Å². The Morgan fingerprint density at radius 2 is 2.03 bits per heavy atom. The van der Waals surface area contributed by atoms with Crippen LogP contribution >= 0.6 is 11.6 Å². The minimum Gasteiger partial charge on any atom is -0.276 e. The summed E-state index contributed by atoms with van der Waals surface area (Å²) >= 11 is 6.02. The van der Waals surface area contributed by atoms with E-state index in [1.165, 1.54) is 18.0 Å². The average Bonchev–Trinajstić information content (AvgIpc) is 2.81. The van der Waals surface area contributed by atoms with Gasteiger partial charge in [0.05, 0.1) is 17.7 Å². The van der Waals surface area contributed by atoms with E-state index in [4.69, 9.17) is 16.4 Å². The number of pyridine rings is 1. The van der Waals surface area contributed by atoms with Crippen LogP contribution in [0.5, 0.6) is 0 Å². The van der Waals surface area contributed by atoms with Gasteiger partial charge < -0.3 is 0 Å². The monoisotopic (exact) mass is 470 g/mol. The van der Waals surface area contributed by atoms with Gasteiger partial charge in [0.15, 0.2) is 5.82 Å². The van der Waals surface area contributed by atoms with Gasteiger partial charge in [-0.3, -0.25) is 19.4 Å². The van der Waals surface area contributed by atoms with Crippen LogP contribution in [-0.2, 0) is 21.0 Å². The number of fused-ring (bicyclic) bond motifs is 1. The van der Waals surface area contributed by atoms with Gasteiger partial charge in [-0.25, -0.2) is 14.8 Å². The molecule has 0 aliphatic carbocycles. The Labute approximate surface area is 196 Å². The first-order valence-electron chi connectivity index (χ1n) is 10.2. The second kappa shape index (κ2) is 11.5. The summed E-state index contributed by atoms with van der Waals surface area (Å²) in [6.07, 6.45) is 4.18. The second-order valence-corrected chi connectivity index (χ2v) is 7.61. The van der Waals surface area contributed by atoms with E-state index < -0.39 is 11.9 Å². The maximum atomic E-state index is 13.7. The normalized spacial score (nSPS) is 11.7. The molecule has 0 aliphatic rings. The highest BCUT2D eigenvalue weighted by atomic mass is 35.5. The topological polar surface area (TPSA) is 74.8 Å². The molecule has 0 fully saturated rings. The maximum absolute atomic E-state index is 13.7. The number of nitrogens with zero attached hydrogens (tertiary/aromatic N) is 3. The van der Waals surface area contributed by atoms with Crippen molar-refractivity contribution in [1.82, 2.24) is 15.4 Å². The predicted octanol–water partition coefficient (Wildman–Crippen LogP) is 4.42. The molecule has 0 spiro atoms. The van der Waals surface area contributed by atoms with Gasteiger partial charge in [0.25, 0.3) is 0 Å². The van der Waals surface area contributed by atoms with E-state index in [9.17, 15) is 14.0 Å². The lowest BCUT2D eigenvalue weighted by Crippen LogP contribution is -2.50. The molecule has 0 radical (unpaired) electrons. The number of halogens is 2. The SMILES string of the molecule is C=CC[C@@H](CON(C=O)c1cc2ccccc2cn1)N(NCc1cccc(F)c1Cl)C(C)=O. The number of carbonyl (C=O) groups is 2. The fourth-order valence-electron chi connectivity index (χ4n) is 3.30. The van der Waals surface area contributed by atoms with Crippen molar-refractivity contribution < 1.29 is 18.8 Å². The van der Waals surface area contributed by atoms with Crippen molar-refractivity contribution in [3.8, 4) is 0 Å². The molecule has 0 unspecified atom stereocenters. The summed E-state index contributed by atoms with van der Waals surface area (Å²) in [6, 6.07) is 13.3. The summed E-state index contributed by atoms with van der Waals surface area (Å²) < 4.78 is 13.7. The molecule has 3 aromatic rings. The zero-order valence-electron chi connectivity index (χ0n) is 18.1. The van der Waals surface area contributed by atoms with Crippen molar-refractivity contribution in [2.24, 2.45) is 0 Å². The number of hydrogen-bond acceptors (Lipinski definition) is 5. The summed E-state index contributed by atoms with van der Waals surface area (Å²) in [4.78, 5) is 34.0. The van der Waals surface area contributed by atoms with Crippen LogP contribution in [0.2, 0.25) is 5.02 Å². The zero-order valence-corrected chi connectivity index (χ0v) is 18.8. The minimum atomic E-state index is -0.541. The van der Waals surface area contributed by atoms with Crippen molar-refractivity contribution in [3.63, 3.8) is 0 Å². The molecule has 2 aromatic carbocycles. The Kier molecular flexibility index (Phi) is 8.48. The Morgan fingerprint density at radius 3 is 2.73 bits per heavy atom. The first kappa shape index (κ1) is 24.3. The van der Waals surface area contributed by atoms with Gasteiger partial charge in [-0.2, -0.15) is 5.06 Å². The van der Waals surface area contributed by atoms with Gasteiger partial charge in [0.2, 0.25) is 12.3 Å². The summed E-state index contributed by atoms with van der Waals surface area (Å²) in [6.45, 7) is 5.22. The average molecular weight is 471 g/mol. The van der Waals surface area contributed by atoms with Crippen LogP contribution in [0.3, 0.4) is 0 Å². The molecule has 172 valence electrons. The molecule has 0 aliphatic heterocycles. The van der Waals surface area contributed by atoms with E-state index in [1.807, 2.05) is 24.3 Å². The van der Waals surface area contributed by atoms with Crippen LogP contribution in [0.4, 0.5) is 10.2 Å². The minimum absolute atomic E-state index is 0.0143. The number of hydroxylamine groups is 1. The van der Waals surface area contributed by atoms with Gasteiger partial charge >= 0.3 is 0 Å². The fourth-order valence-corrected chi connectivity index (χ4v) is 3.50. The number of carbonyl (C=O) groups excluding carboxylic acids is 2. The molecule has 2 amide bonds. The van der Waals surface area contributed by atoms with Gasteiger partial charge in [-0.1, -0.05) is 54.1 Å². The quantitative estimate of drug-likeness (QED) is 0.255. The lowest BCUT2D eigenvalue weighted by molar-refractivity contribution is -0.137. The van der Waals surface area contributed by atoms with Crippen molar-refractivity contribution in [2.45, 2.75) is 25.9 Å². The molecular formula is C24H24ClFN4O3. The molecule has 9 heteroatoms. The highest BCUT2D eigenvalue weighted by Gasteiger charge is 2.23. The molecule has 1 N–H and O–H groups in total. The van der Waals surface area contributed by atoms with E-state index in [1.54, 1.807) is 30.5 Å². The number of benzene rings is 2. The summed E-state index contributed by atoms with van der Waals surface area (Å²) in [7, 11) is 0. The highest BCUT2D eigenvalue weighted by molar-refractivity contribution is 6.31. The van der Waals surface area contributed by atoms with Crippen LogP contribution < -0.4 is 10.5 Å². The number of aromatic nitrogens is 1. The number of amides is 2. The molecule has 1 atom stereocenters. The molecular weight excluding hydrogens is 447 g/mol. The largest absolute Gasteiger partial charge is 0.276 e. The van der Waals surface area contributed by atoms with E-state index in [2.05, 4.69) is 17.0 Å². The number of nitrogens with one attached hydrogen (secondary N) is 1. The Morgan fingerprint density at radius 1 is 1.27 bits per heavy atom. The van der Waals surface area contributed by atoms with Crippen LogP contribution in [0, 0.1) is 5.82 Å². The maximum Gasteiger partial charge on any atom is 0.239 e. The van der Waals surface area contributed by atoms with E-state index in [0.717, 1.165) is 15.8 Å². The first-order chi connectivity index (χ1) is 15.9. The molecule has 0 saturated carbocycles. The Balaban J connectivity index is 1.73. The van der Waals surface area contributed by atoms with Gasteiger partial charge in [0.1, 0.15) is 5.82 Å². The third-order valence-corrected chi connectivity index (χ3v) is 5.38. The molecule has 3 rings (SSSR count). The van der Waals surface area contributed by atoms with Crippen molar-refractivity contribution in [1.29, 1.82) is 0 Å². The third kappa shape index (κ3) is 6.13. The Hall–Kier alpha value is -3.33. The number of hydrogen-bond donors (Lipinski definition) is 1. The standard InChI is InChI=1S/C24H24ClFN4O3/c1-3-7-21(30(17(2)32)28-14-20-10-6-11-22(26)24(20)25)15-33-29(16-31)23-12-18-8-4-5-9-19(18)13-27-23/h3-6,8-13,16,21,28H,1,7,14-15H2,2H3/t21-/m0/s1. The van der Waals surface area contributed by atoms with Crippen LogP contribution in [-0.4, -0.2) is 35.0 Å². The molecule has 7 nitrogen and oxygen atoms in total. The molecule has 33 heavy (non-hydrogen) atoms. The number of hydrazine groups is 1. The first-order valence-corrected chi connectivity index (χ1v) is 10.6. The lowest BCUT2D eigenvalue weighted by atomic mass is 10.2. The second-order valence-electron chi connectivity index (χ2n) is 7.23. The predicted molar refractivity (Wildman–Crippen MR) is 126 cm³/mol. The van der Waals surface area contributed by atoms with Crippen LogP contribution in [0.15, 0.2) is 67.4 Å². The van der Waals surface area contributed by atoms with Crippen LogP contribution in [0.1, 0.15) is 18.9 Å². The fraction of sp³-hybridized carbons (Fsp3) is 0.208. The third-order valence-electron chi connectivity index (χ3n) is 4.96. The highest BCUT2D eigenvalue weighted by Crippen LogP contribution is 2.21. The molecule has 1 heterocycles. The lowest BCUT2D eigenvalue weighted by Gasteiger charge is -2.31. The van der Waals surface area contributed by atoms with Gasteiger partial charge in [-0.15, -0.1) is 6.58 Å². The number of anilines is 1. The Bertz CT molecular complexity index is 1140. The molecule has 1 aromatic heterocycles. The van der Waals surface area contributed by atoms with Crippen molar-refractivity contribution in [2.75, 3.05) is 11.7 Å². The van der Waals surface area contributed by atoms with Gasteiger partial charge in [-0.05, 0) is 29.5 Å². The zero-order chi connectivity index (χ0) is 23.8. The summed E-state index contributed by atoms with van der Waals surface area (Å²) in [5, 5.41) is 4.20.